The summed E-state index contributed by atoms with van der Waals surface area (Å²) in [5, 5.41) is 9.49. The molecule has 0 unspecified atom stereocenters. The van der Waals surface area contributed by atoms with Crippen LogP contribution in [0.4, 0.5) is 0 Å². The van der Waals surface area contributed by atoms with Crippen LogP contribution in [0.3, 0.4) is 0 Å². The third kappa shape index (κ3) is 4.66. The molecule has 0 bridgehead atoms. The van der Waals surface area contributed by atoms with Crippen LogP contribution in [-0.2, 0) is 0 Å². The van der Waals surface area contributed by atoms with Crippen molar-refractivity contribution in [1.29, 1.82) is 0 Å². The summed E-state index contributed by atoms with van der Waals surface area (Å²) < 4.78 is 2.48. The Balaban J connectivity index is 1.16. The molecule has 0 aliphatic rings. The lowest BCUT2D eigenvalue weighted by atomic mass is 9.97. The second kappa shape index (κ2) is 11.2. The molecule has 0 atom stereocenters. The molecular formula is C44H26N4S. The molecule has 10 rings (SSSR count). The molecule has 228 valence electrons. The van der Waals surface area contributed by atoms with Crippen molar-refractivity contribution in [3.05, 3.63) is 158 Å². The van der Waals surface area contributed by atoms with Crippen LogP contribution in [0.15, 0.2) is 158 Å². The molecule has 0 saturated carbocycles. The number of benzene rings is 7. The molecule has 0 fully saturated rings. The monoisotopic (exact) mass is 642 g/mol. The van der Waals surface area contributed by atoms with Crippen LogP contribution < -0.4 is 0 Å². The maximum atomic E-state index is 5.16. The Morgan fingerprint density at radius 1 is 0.388 bits per heavy atom. The zero-order valence-corrected chi connectivity index (χ0v) is 27.0. The van der Waals surface area contributed by atoms with E-state index in [-0.39, 0.29) is 0 Å². The van der Waals surface area contributed by atoms with Gasteiger partial charge >= 0.3 is 0 Å². The molecule has 4 nitrogen and oxygen atoms in total. The molecule has 0 saturated heterocycles. The molecule has 10 aromatic rings. The highest BCUT2D eigenvalue weighted by Crippen LogP contribution is 2.40. The van der Waals surface area contributed by atoms with Crippen molar-refractivity contribution in [2.24, 2.45) is 0 Å². The van der Waals surface area contributed by atoms with Gasteiger partial charge in [-0.05, 0) is 50.2 Å². The van der Waals surface area contributed by atoms with Gasteiger partial charge in [0, 0.05) is 54.6 Å². The average molecular weight is 643 g/mol. The number of thiophene rings is 1. The number of nitrogens with zero attached hydrogens (tertiary/aromatic N) is 4. The minimum atomic E-state index is 0.642. The predicted octanol–water partition coefficient (Wildman–Crippen LogP) is 11.8. The van der Waals surface area contributed by atoms with E-state index in [1.807, 2.05) is 12.4 Å². The van der Waals surface area contributed by atoms with Gasteiger partial charge in [-0.1, -0.05) is 133 Å². The van der Waals surface area contributed by atoms with E-state index in [0.717, 1.165) is 33.0 Å². The summed E-state index contributed by atoms with van der Waals surface area (Å²) in [4.78, 5) is 19.8. The van der Waals surface area contributed by atoms with Gasteiger partial charge in [-0.25, -0.2) is 15.0 Å². The molecule has 3 heterocycles. The SMILES string of the molecule is c1ccc2cc(-c3nc(-c4ccc(-c5cccc6ccccc56)cc4)nc(-c4cccc5c4ccc4c6cnccc6sc54)n3)ccc2c1. The molecular weight excluding hydrogens is 617 g/mol. The van der Waals surface area contributed by atoms with E-state index in [2.05, 4.69) is 151 Å². The Morgan fingerprint density at radius 3 is 1.92 bits per heavy atom. The smallest absolute Gasteiger partial charge is 0.164 e. The van der Waals surface area contributed by atoms with Gasteiger partial charge in [-0.2, -0.15) is 0 Å². The maximum absolute atomic E-state index is 5.16. The first kappa shape index (κ1) is 27.8. The van der Waals surface area contributed by atoms with Gasteiger partial charge < -0.3 is 0 Å². The second-order valence-corrected chi connectivity index (χ2v) is 13.3. The molecule has 0 amide bonds. The van der Waals surface area contributed by atoms with Crippen molar-refractivity contribution in [1.82, 2.24) is 19.9 Å². The molecule has 7 aromatic carbocycles. The molecule has 0 spiro atoms. The second-order valence-electron chi connectivity index (χ2n) is 12.3. The summed E-state index contributed by atoms with van der Waals surface area (Å²) >= 11 is 1.80. The highest BCUT2D eigenvalue weighted by atomic mass is 32.1. The van der Waals surface area contributed by atoms with Crippen molar-refractivity contribution < 1.29 is 0 Å². The van der Waals surface area contributed by atoms with Crippen molar-refractivity contribution in [2.45, 2.75) is 0 Å². The van der Waals surface area contributed by atoms with E-state index in [0.29, 0.717) is 17.5 Å². The van der Waals surface area contributed by atoms with Crippen LogP contribution >= 0.6 is 11.3 Å². The van der Waals surface area contributed by atoms with Gasteiger partial charge in [0.05, 0.1) is 0 Å². The molecule has 5 heteroatoms. The Kier molecular flexibility index (Phi) is 6.32. The fourth-order valence-electron chi connectivity index (χ4n) is 6.99. The lowest BCUT2D eigenvalue weighted by Crippen LogP contribution is -2.00. The fraction of sp³-hybridized carbons (Fsp3) is 0. The largest absolute Gasteiger partial charge is 0.264 e. The van der Waals surface area contributed by atoms with E-state index in [1.165, 1.54) is 47.3 Å². The third-order valence-electron chi connectivity index (χ3n) is 9.42. The molecule has 0 aliphatic carbocycles. The van der Waals surface area contributed by atoms with Crippen molar-refractivity contribution in [3.63, 3.8) is 0 Å². The predicted molar refractivity (Wildman–Crippen MR) is 205 cm³/mol. The third-order valence-corrected chi connectivity index (χ3v) is 10.6. The van der Waals surface area contributed by atoms with Crippen molar-refractivity contribution in [3.8, 4) is 45.3 Å². The summed E-state index contributed by atoms with van der Waals surface area (Å²) in [5.41, 5.74) is 5.23. The summed E-state index contributed by atoms with van der Waals surface area (Å²) in [6, 6.07) is 51.3. The van der Waals surface area contributed by atoms with E-state index in [1.54, 1.807) is 11.3 Å². The minimum absolute atomic E-state index is 0.642. The van der Waals surface area contributed by atoms with E-state index >= 15 is 0 Å². The highest BCUT2D eigenvalue weighted by molar-refractivity contribution is 7.26. The summed E-state index contributed by atoms with van der Waals surface area (Å²) in [7, 11) is 0. The van der Waals surface area contributed by atoms with Crippen molar-refractivity contribution >= 4 is 63.8 Å². The average Bonchev–Trinajstić information content (AvgIpc) is 3.56. The first-order valence-electron chi connectivity index (χ1n) is 16.3. The lowest BCUT2D eigenvalue weighted by Gasteiger charge is -2.12. The fourth-order valence-corrected chi connectivity index (χ4v) is 8.19. The quantitative estimate of drug-likeness (QED) is 0.192. The summed E-state index contributed by atoms with van der Waals surface area (Å²) in [5.74, 6) is 1.94. The topological polar surface area (TPSA) is 51.6 Å². The molecule has 3 aromatic heterocycles. The minimum Gasteiger partial charge on any atom is -0.264 e. The molecule has 0 N–H and O–H groups in total. The molecule has 0 radical (unpaired) electrons. The molecule has 0 aliphatic heterocycles. The van der Waals surface area contributed by atoms with E-state index in [4.69, 9.17) is 15.0 Å². The Labute approximate surface area is 286 Å². The summed E-state index contributed by atoms with van der Waals surface area (Å²) in [6.07, 6.45) is 3.82. The van der Waals surface area contributed by atoms with Crippen molar-refractivity contribution in [2.75, 3.05) is 0 Å². The van der Waals surface area contributed by atoms with Gasteiger partial charge in [0.2, 0.25) is 0 Å². The number of hydrogen-bond donors (Lipinski definition) is 0. The van der Waals surface area contributed by atoms with Crippen LogP contribution in [0, 0.1) is 0 Å². The number of hydrogen-bond acceptors (Lipinski definition) is 5. The molecule has 49 heavy (non-hydrogen) atoms. The lowest BCUT2D eigenvalue weighted by molar-refractivity contribution is 1.08. The van der Waals surface area contributed by atoms with Crippen LogP contribution in [0.1, 0.15) is 0 Å². The van der Waals surface area contributed by atoms with E-state index < -0.39 is 0 Å². The Morgan fingerprint density at radius 2 is 1.02 bits per heavy atom. The Bertz CT molecular complexity index is 2890. The first-order chi connectivity index (χ1) is 24.3. The normalized spacial score (nSPS) is 11.7. The van der Waals surface area contributed by atoms with E-state index in [9.17, 15) is 0 Å². The standard InChI is InChI=1S/C44H26N4S/c1-2-9-31-25-32(20-15-27(31)7-1)43-46-42(30-18-16-29(17-19-30)34-12-5-10-28-8-3-4-11-33(28)34)47-44(48-43)38-14-6-13-36-35(38)21-22-37-39-26-45-24-23-40(39)49-41(36)37/h1-26H. The van der Waals surface area contributed by atoms with Crippen LogP contribution in [-0.4, -0.2) is 19.9 Å². The van der Waals surface area contributed by atoms with Gasteiger partial charge in [0.1, 0.15) is 0 Å². The number of pyridine rings is 1. The van der Waals surface area contributed by atoms with Crippen LogP contribution in [0.25, 0.3) is 97.8 Å². The van der Waals surface area contributed by atoms with Gasteiger partial charge in [-0.15, -0.1) is 11.3 Å². The summed E-state index contributed by atoms with van der Waals surface area (Å²) in [6.45, 7) is 0. The number of fused-ring (bicyclic) bond motifs is 7. The van der Waals surface area contributed by atoms with Gasteiger partial charge in [0.25, 0.3) is 0 Å². The van der Waals surface area contributed by atoms with Crippen LogP contribution in [0.2, 0.25) is 0 Å². The zero-order chi connectivity index (χ0) is 32.3. The highest BCUT2D eigenvalue weighted by Gasteiger charge is 2.17. The Hall–Kier alpha value is -6.30. The zero-order valence-electron chi connectivity index (χ0n) is 26.2. The van der Waals surface area contributed by atoms with Crippen LogP contribution in [0.5, 0.6) is 0 Å². The number of aromatic nitrogens is 4. The number of rotatable bonds is 4. The first-order valence-corrected chi connectivity index (χ1v) is 17.1. The maximum Gasteiger partial charge on any atom is 0.164 e. The van der Waals surface area contributed by atoms with Gasteiger partial charge in [-0.3, -0.25) is 4.98 Å². The van der Waals surface area contributed by atoms with Gasteiger partial charge in [0.15, 0.2) is 17.5 Å².